The van der Waals surface area contributed by atoms with Gasteiger partial charge in [0.05, 0.1) is 32.6 Å². The van der Waals surface area contributed by atoms with Crippen LogP contribution < -0.4 is 24.4 Å². The van der Waals surface area contributed by atoms with Crippen molar-refractivity contribution in [3.63, 3.8) is 0 Å². The summed E-state index contributed by atoms with van der Waals surface area (Å²) in [5.74, 6) is 0.179. The highest BCUT2D eigenvalue weighted by Gasteiger charge is 2.35. The third-order valence-electron chi connectivity index (χ3n) is 4.61. The lowest BCUT2D eigenvalue weighted by atomic mass is 10.0. The lowest BCUT2D eigenvalue weighted by molar-refractivity contribution is -0.122. The fourth-order valence-corrected chi connectivity index (χ4v) is 3.57. The van der Waals surface area contributed by atoms with Crippen molar-refractivity contribution >= 4 is 40.9 Å². The molecule has 1 fully saturated rings. The lowest BCUT2D eigenvalue weighted by Gasteiger charge is -2.29. The van der Waals surface area contributed by atoms with Crippen LogP contribution in [0.5, 0.6) is 17.2 Å². The van der Waals surface area contributed by atoms with E-state index >= 15 is 0 Å². The van der Waals surface area contributed by atoms with Gasteiger partial charge in [-0.05, 0) is 55.4 Å². The summed E-state index contributed by atoms with van der Waals surface area (Å²) in [4.78, 5) is 27.2. The topological polar surface area (TPSA) is 77.1 Å². The molecule has 1 aliphatic heterocycles. The van der Waals surface area contributed by atoms with E-state index in [0.717, 1.165) is 11.1 Å². The zero-order valence-corrected chi connectivity index (χ0v) is 18.2. The van der Waals surface area contributed by atoms with Crippen molar-refractivity contribution in [2.75, 3.05) is 26.2 Å². The minimum absolute atomic E-state index is 0.0285. The van der Waals surface area contributed by atoms with Gasteiger partial charge in [0, 0.05) is 12.1 Å². The van der Waals surface area contributed by atoms with Crippen molar-refractivity contribution in [3.8, 4) is 17.2 Å². The van der Waals surface area contributed by atoms with Gasteiger partial charge in [0.25, 0.3) is 11.8 Å². The Bertz CT molecular complexity index is 1030. The van der Waals surface area contributed by atoms with Gasteiger partial charge in [0.1, 0.15) is 22.8 Å². The molecular formula is C22H22N2O5S. The van der Waals surface area contributed by atoms with E-state index in [2.05, 4.69) is 5.32 Å². The zero-order chi connectivity index (χ0) is 22.0. The van der Waals surface area contributed by atoms with Gasteiger partial charge in [-0.25, -0.2) is 0 Å². The van der Waals surface area contributed by atoms with E-state index in [9.17, 15) is 9.59 Å². The Labute approximate surface area is 180 Å². The number of methoxy groups -OCH3 is 3. The molecular weight excluding hydrogens is 404 g/mol. The van der Waals surface area contributed by atoms with Crippen LogP contribution in [-0.4, -0.2) is 38.3 Å². The van der Waals surface area contributed by atoms with E-state index in [1.165, 1.54) is 32.3 Å². The van der Waals surface area contributed by atoms with Crippen LogP contribution in [0.2, 0.25) is 0 Å². The molecule has 0 bridgehead atoms. The third-order valence-corrected chi connectivity index (χ3v) is 4.89. The molecule has 0 spiro atoms. The van der Waals surface area contributed by atoms with Crippen LogP contribution in [0.25, 0.3) is 6.08 Å². The van der Waals surface area contributed by atoms with E-state index in [4.69, 9.17) is 26.4 Å². The molecule has 0 unspecified atom stereocenters. The molecule has 1 heterocycles. The van der Waals surface area contributed by atoms with E-state index in [1.807, 2.05) is 32.0 Å². The molecule has 8 heteroatoms. The Kier molecular flexibility index (Phi) is 6.07. The maximum atomic E-state index is 13.3. The van der Waals surface area contributed by atoms with Crippen molar-refractivity contribution < 1.29 is 23.8 Å². The number of aryl methyl sites for hydroxylation is 2. The molecule has 0 saturated carbocycles. The molecule has 7 nitrogen and oxygen atoms in total. The summed E-state index contributed by atoms with van der Waals surface area (Å²) in [5.41, 5.74) is 2.88. The second-order valence-corrected chi connectivity index (χ2v) is 7.14. The number of amides is 2. The molecule has 30 heavy (non-hydrogen) atoms. The first-order chi connectivity index (χ1) is 14.3. The van der Waals surface area contributed by atoms with Gasteiger partial charge in [0.15, 0.2) is 5.11 Å². The number of thiocarbonyl (C=S) groups is 1. The predicted molar refractivity (Wildman–Crippen MR) is 118 cm³/mol. The normalized spacial score (nSPS) is 15.3. The first-order valence-corrected chi connectivity index (χ1v) is 9.49. The lowest BCUT2D eigenvalue weighted by Crippen LogP contribution is -2.54. The first kappa shape index (κ1) is 21.3. The van der Waals surface area contributed by atoms with Gasteiger partial charge in [0.2, 0.25) is 0 Å². The van der Waals surface area contributed by atoms with E-state index < -0.39 is 11.8 Å². The SMILES string of the molecule is COc1cc(OC)c(/C=C2\C(=O)NC(=S)N(c3cc(C)cc(C)c3)C2=O)c(OC)c1. The number of anilines is 1. The Balaban J connectivity index is 2.14. The van der Waals surface area contributed by atoms with Gasteiger partial charge < -0.3 is 14.2 Å². The van der Waals surface area contributed by atoms with Crippen LogP contribution in [0.3, 0.4) is 0 Å². The highest BCUT2D eigenvalue weighted by Crippen LogP contribution is 2.36. The molecule has 0 radical (unpaired) electrons. The second kappa shape index (κ2) is 8.54. The summed E-state index contributed by atoms with van der Waals surface area (Å²) in [6, 6.07) is 8.95. The number of ether oxygens (including phenoxy) is 3. The molecule has 3 rings (SSSR count). The van der Waals surface area contributed by atoms with Crippen LogP contribution in [0.15, 0.2) is 35.9 Å². The maximum absolute atomic E-state index is 13.3. The Hall–Kier alpha value is -3.39. The highest BCUT2D eigenvalue weighted by atomic mass is 32.1. The van der Waals surface area contributed by atoms with Gasteiger partial charge in [-0.15, -0.1) is 0 Å². The van der Waals surface area contributed by atoms with Gasteiger partial charge in [-0.1, -0.05) is 6.07 Å². The van der Waals surface area contributed by atoms with E-state index in [-0.39, 0.29) is 10.7 Å². The third kappa shape index (κ3) is 3.99. The smallest absolute Gasteiger partial charge is 0.270 e. The summed E-state index contributed by atoms with van der Waals surface area (Å²) in [6.45, 7) is 3.85. The van der Waals surface area contributed by atoms with Crippen LogP contribution in [-0.2, 0) is 9.59 Å². The summed E-state index contributed by atoms with van der Waals surface area (Å²) >= 11 is 5.28. The number of benzene rings is 2. The maximum Gasteiger partial charge on any atom is 0.270 e. The first-order valence-electron chi connectivity index (χ1n) is 9.08. The summed E-state index contributed by atoms with van der Waals surface area (Å²) in [7, 11) is 4.49. The van der Waals surface area contributed by atoms with Crippen molar-refractivity contribution in [2.45, 2.75) is 13.8 Å². The van der Waals surface area contributed by atoms with Crippen molar-refractivity contribution in [2.24, 2.45) is 0 Å². The molecule has 0 aliphatic carbocycles. The van der Waals surface area contributed by atoms with Crippen LogP contribution >= 0.6 is 12.2 Å². The molecule has 2 amide bonds. The molecule has 2 aromatic carbocycles. The Morgan fingerprint density at radius 3 is 1.97 bits per heavy atom. The number of hydrogen-bond acceptors (Lipinski definition) is 6. The molecule has 2 aromatic rings. The van der Waals surface area contributed by atoms with Crippen molar-refractivity contribution in [3.05, 3.63) is 52.6 Å². The molecule has 1 aliphatic rings. The van der Waals surface area contributed by atoms with Gasteiger partial charge in [-0.3, -0.25) is 19.8 Å². The highest BCUT2D eigenvalue weighted by molar-refractivity contribution is 7.80. The second-order valence-electron chi connectivity index (χ2n) is 6.75. The summed E-state index contributed by atoms with van der Waals surface area (Å²) < 4.78 is 16.1. The minimum atomic E-state index is -0.592. The largest absolute Gasteiger partial charge is 0.496 e. The minimum Gasteiger partial charge on any atom is -0.496 e. The number of nitrogens with zero attached hydrogens (tertiary/aromatic N) is 1. The number of carbonyl (C=O) groups excluding carboxylic acids is 2. The van der Waals surface area contributed by atoms with Gasteiger partial charge in [-0.2, -0.15) is 0 Å². The quantitative estimate of drug-likeness (QED) is 0.450. The molecule has 1 N–H and O–H groups in total. The van der Waals surface area contributed by atoms with Crippen molar-refractivity contribution in [1.29, 1.82) is 0 Å². The zero-order valence-electron chi connectivity index (χ0n) is 17.4. The van der Waals surface area contributed by atoms with Crippen LogP contribution in [0.4, 0.5) is 5.69 Å². The Morgan fingerprint density at radius 1 is 0.900 bits per heavy atom. The average molecular weight is 426 g/mol. The fourth-order valence-electron chi connectivity index (χ4n) is 3.29. The van der Waals surface area contributed by atoms with Crippen LogP contribution in [0.1, 0.15) is 16.7 Å². The van der Waals surface area contributed by atoms with E-state index in [1.54, 1.807) is 12.1 Å². The number of rotatable bonds is 5. The molecule has 0 aromatic heterocycles. The molecule has 156 valence electrons. The molecule has 0 atom stereocenters. The Morgan fingerprint density at radius 2 is 1.47 bits per heavy atom. The van der Waals surface area contributed by atoms with Gasteiger partial charge >= 0.3 is 0 Å². The summed E-state index contributed by atoms with van der Waals surface area (Å²) in [5, 5.41) is 2.62. The predicted octanol–water partition coefficient (Wildman–Crippen LogP) is 3.16. The van der Waals surface area contributed by atoms with E-state index in [0.29, 0.717) is 28.5 Å². The molecule has 1 saturated heterocycles. The fraction of sp³-hybridized carbons (Fsp3) is 0.227. The monoisotopic (exact) mass is 426 g/mol. The van der Waals surface area contributed by atoms with Crippen molar-refractivity contribution in [1.82, 2.24) is 5.32 Å². The average Bonchev–Trinajstić information content (AvgIpc) is 2.69. The number of nitrogens with one attached hydrogen (secondary N) is 1. The summed E-state index contributed by atoms with van der Waals surface area (Å²) in [6.07, 6.45) is 1.44. The number of hydrogen-bond donors (Lipinski definition) is 1. The van der Waals surface area contributed by atoms with Crippen LogP contribution in [0, 0.1) is 13.8 Å². The number of carbonyl (C=O) groups is 2. The standard InChI is InChI=1S/C22H22N2O5S/c1-12-6-13(2)8-14(7-12)24-21(26)17(20(25)23-22(24)30)11-16-18(28-4)9-15(27-3)10-19(16)29-5/h6-11H,1-5H3,(H,23,25,30)/b17-11+.